The highest BCUT2D eigenvalue weighted by atomic mass is 32.2. The van der Waals surface area contributed by atoms with Gasteiger partial charge >= 0.3 is 0 Å². The van der Waals surface area contributed by atoms with E-state index in [1.807, 2.05) is 37.3 Å². The van der Waals surface area contributed by atoms with Gasteiger partial charge in [-0.1, -0.05) is 68.1 Å². The topological polar surface area (TPSA) is 123 Å². The van der Waals surface area contributed by atoms with Crippen LogP contribution in [0.5, 0.6) is 0 Å². The van der Waals surface area contributed by atoms with Gasteiger partial charge in [0.25, 0.3) is 0 Å². The number of hydrogen-bond donors (Lipinski definition) is 2. The molecule has 1 heterocycles. The molecule has 1 aromatic heterocycles. The van der Waals surface area contributed by atoms with Crippen LogP contribution in [0.25, 0.3) is 11.4 Å². The number of nitrogen functional groups attached to an aromatic ring is 1. The summed E-state index contributed by atoms with van der Waals surface area (Å²) < 4.78 is 28.3. The molecular weight excluding hydrogens is 460 g/mol. The van der Waals surface area contributed by atoms with Crippen molar-refractivity contribution in [3.8, 4) is 11.4 Å². The maximum absolute atomic E-state index is 12.8. The molecule has 11 heteroatoms. The normalized spacial score (nSPS) is 12.6. The van der Waals surface area contributed by atoms with Gasteiger partial charge in [-0.3, -0.25) is 4.79 Å². The predicted octanol–water partition coefficient (Wildman–Crippen LogP) is 2.66. The minimum Gasteiger partial charge on any atom is -0.349 e. The van der Waals surface area contributed by atoms with E-state index >= 15 is 0 Å². The number of carbonyl (C=O) groups excluding carboxylic acids is 1. The van der Waals surface area contributed by atoms with Crippen molar-refractivity contribution in [2.24, 2.45) is 0 Å². The van der Waals surface area contributed by atoms with Crippen molar-refractivity contribution in [3.63, 3.8) is 0 Å². The van der Waals surface area contributed by atoms with Gasteiger partial charge in [0.1, 0.15) is 0 Å². The van der Waals surface area contributed by atoms with E-state index in [1.54, 1.807) is 32.0 Å². The zero-order chi connectivity index (χ0) is 24.0. The number of sulfonamides is 1. The Bertz CT molecular complexity index is 1190. The molecule has 1 amide bonds. The quantitative estimate of drug-likeness (QED) is 0.332. The minimum atomic E-state index is -3.62. The van der Waals surface area contributed by atoms with E-state index in [-0.39, 0.29) is 22.6 Å². The molecule has 3 N–H and O–H groups in total. The summed E-state index contributed by atoms with van der Waals surface area (Å²) in [6.07, 6.45) is 0. The molecule has 0 spiro atoms. The van der Waals surface area contributed by atoms with E-state index in [4.69, 9.17) is 5.84 Å². The Labute approximate surface area is 198 Å². The molecule has 0 saturated carbocycles. The molecule has 1 unspecified atom stereocenters. The number of nitrogens with two attached hydrogens (primary N) is 1. The average Bonchev–Trinajstić information content (AvgIpc) is 3.19. The van der Waals surface area contributed by atoms with Crippen molar-refractivity contribution < 1.29 is 13.2 Å². The number of aromatic nitrogens is 3. The summed E-state index contributed by atoms with van der Waals surface area (Å²) in [5, 5.41) is 11.5. The zero-order valence-electron chi connectivity index (χ0n) is 18.8. The van der Waals surface area contributed by atoms with Gasteiger partial charge in [-0.05, 0) is 24.6 Å². The lowest BCUT2D eigenvalue weighted by molar-refractivity contribution is -0.119. The molecule has 9 nitrogen and oxygen atoms in total. The Balaban J connectivity index is 1.70. The van der Waals surface area contributed by atoms with Crippen LogP contribution in [0.2, 0.25) is 0 Å². The van der Waals surface area contributed by atoms with Crippen LogP contribution < -0.4 is 11.2 Å². The molecule has 0 radical (unpaired) electrons. The van der Waals surface area contributed by atoms with Gasteiger partial charge in [-0.2, -0.15) is 4.31 Å². The molecule has 3 rings (SSSR count). The van der Waals surface area contributed by atoms with Gasteiger partial charge in [0.05, 0.1) is 16.7 Å². The first-order valence-corrected chi connectivity index (χ1v) is 13.0. The summed E-state index contributed by atoms with van der Waals surface area (Å²) in [6, 6.07) is 16.0. The van der Waals surface area contributed by atoms with Crippen molar-refractivity contribution in [2.75, 3.05) is 24.7 Å². The number of benzene rings is 2. The van der Waals surface area contributed by atoms with E-state index in [1.165, 1.54) is 15.0 Å². The first-order chi connectivity index (χ1) is 15.8. The van der Waals surface area contributed by atoms with Crippen LogP contribution in [0.3, 0.4) is 0 Å². The highest BCUT2D eigenvalue weighted by Gasteiger charge is 2.23. The first-order valence-electron chi connectivity index (χ1n) is 10.6. The van der Waals surface area contributed by atoms with Gasteiger partial charge in [0, 0.05) is 18.7 Å². The van der Waals surface area contributed by atoms with Crippen molar-refractivity contribution in [2.45, 2.75) is 36.9 Å². The molecule has 1 atom stereocenters. The van der Waals surface area contributed by atoms with Crippen LogP contribution in [-0.4, -0.2) is 52.3 Å². The second-order valence-corrected chi connectivity index (χ2v) is 10.2. The van der Waals surface area contributed by atoms with Gasteiger partial charge < -0.3 is 11.2 Å². The third kappa shape index (κ3) is 5.73. The number of rotatable bonds is 10. The summed E-state index contributed by atoms with van der Waals surface area (Å²) in [5.74, 6) is 6.43. The number of hydrogen-bond acceptors (Lipinski definition) is 7. The molecule has 2 aromatic carbocycles. The second kappa shape index (κ2) is 10.8. The molecular formula is C22H28N6O3S2. The molecule has 3 aromatic rings. The lowest BCUT2D eigenvalue weighted by atomic mass is 10.1. The summed E-state index contributed by atoms with van der Waals surface area (Å²) in [7, 11) is -3.62. The highest BCUT2D eigenvalue weighted by molar-refractivity contribution is 7.99. The minimum absolute atomic E-state index is 0.114. The standard InChI is InChI=1S/C22H28N6O3S2/c1-4-27(5-2)33(30,31)19-13-9-12-18(14-19)21-25-26-22(28(21)23)32-15-20(29)24-16(3)17-10-7-6-8-11-17/h6-14,16H,4-5,15,23H2,1-3H3,(H,24,29). The van der Waals surface area contributed by atoms with Crippen molar-refractivity contribution >= 4 is 27.7 Å². The molecule has 0 aliphatic rings. The van der Waals surface area contributed by atoms with Crippen molar-refractivity contribution in [1.29, 1.82) is 0 Å². The van der Waals surface area contributed by atoms with Crippen LogP contribution >= 0.6 is 11.8 Å². The van der Waals surface area contributed by atoms with Crippen LogP contribution in [0.1, 0.15) is 32.4 Å². The monoisotopic (exact) mass is 488 g/mol. The Morgan fingerprint density at radius 1 is 1.12 bits per heavy atom. The maximum Gasteiger partial charge on any atom is 0.243 e. The van der Waals surface area contributed by atoms with Gasteiger partial charge in [-0.25, -0.2) is 13.1 Å². The summed E-state index contributed by atoms with van der Waals surface area (Å²) in [4.78, 5) is 12.5. The highest BCUT2D eigenvalue weighted by Crippen LogP contribution is 2.25. The predicted molar refractivity (Wildman–Crippen MR) is 129 cm³/mol. The Morgan fingerprint density at radius 2 is 1.82 bits per heavy atom. The van der Waals surface area contributed by atoms with Crippen molar-refractivity contribution in [1.82, 2.24) is 24.5 Å². The average molecular weight is 489 g/mol. The van der Waals surface area contributed by atoms with Crippen LogP contribution in [0.15, 0.2) is 64.6 Å². The van der Waals surface area contributed by atoms with Crippen LogP contribution in [0.4, 0.5) is 0 Å². The van der Waals surface area contributed by atoms with Gasteiger partial charge in [0.15, 0.2) is 5.82 Å². The number of carbonyl (C=O) groups is 1. The smallest absolute Gasteiger partial charge is 0.243 e. The molecule has 0 saturated heterocycles. The maximum atomic E-state index is 12.8. The van der Waals surface area contributed by atoms with Crippen molar-refractivity contribution in [3.05, 3.63) is 60.2 Å². The zero-order valence-corrected chi connectivity index (χ0v) is 20.4. The Morgan fingerprint density at radius 3 is 2.48 bits per heavy atom. The van der Waals surface area contributed by atoms with Gasteiger partial charge in [0.2, 0.25) is 21.1 Å². The fourth-order valence-corrected chi connectivity index (χ4v) is 5.49. The Kier molecular flexibility index (Phi) is 8.11. The fourth-order valence-electron chi connectivity index (χ4n) is 3.32. The number of thioether (sulfide) groups is 1. The molecule has 0 aliphatic heterocycles. The molecule has 176 valence electrons. The van der Waals surface area contributed by atoms with E-state index in [0.29, 0.717) is 29.6 Å². The van der Waals surface area contributed by atoms with E-state index in [2.05, 4.69) is 15.5 Å². The third-order valence-corrected chi connectivity index (χ3v) is 8.10. The van der Waals surface area contributed by atoms with Gasteiger partial charge in [-0.15, -0.1) is 10.2 Å². The Hall–Kier alpha value is -2.89. The molecule has 0 bridgehead atoms. The summed E-state index contributed by atoms with van der Waals surface area (Å²) in [5.41, 5.74) is 1.53. The third-order valence-electron chi connectivity index (χ3n) is 5.11. The largest absolute Gasteiger partial charge is 0.349 e. The lowest BCUT2D eigenvalue weighted by Crippen LogP contribution is -2.30. The summed E-state index contributed by atoms with van der Waals surface area (Å²) in [6.45, 7) is 6.26. The van der Waals surface area contributed by atoms with E-state index < -0.39 is 10.0 Å². The molecule has 0 fully saturated rings. The summed E-state index contributed by atoms with van der Waals surface area (Å²) >= 11 is 1.16. The van der Waals surface area contributed by atoms with E-state index in [0.717, 1.165) is 17.3 Å². The fraction of sp³-hybridized carbons (Fsp3) is 0.318. The molecule has 0 aliphatic carbocycles. The number of amides is 1. The molecule has 33 heavy (non-hydrogen) atoms. The number of nitrogens with one attached hydrogen (secondary N) is 1. The van der Waals surface area contributed by atoms with Crippen LogP contribution in [0, 0.1) is 0 Å². The number of nitrogens with zero attached hydrogens (tertiary/aromatic N) is 4. The SMILES string of the molecule is CCN(CC)S(=O)(=O)c1cccc(-c2nnc(SCC(=O)NC(C)c3ccccc3)n2N)c1. The second-order valence-electron chi connectivity index (χ2n) is 7.28. The van der Waals surface area contributed by atoms with E-state index in [9.17, 15) is 13.2 Å². The first kappa shape index (κ1) is 24.7. The van der Waals surface area contributed by atoms with Crippen LogP contribution in [-0.2, 0) is 14.8 Å². The lowest BCUT2D eigenvalue weighted by Gasteiger charge is -2.18.